The summed E-state index contributed by atoms with van der Waals surface area (Å²) in [5, 5.41) is 10.7. The second-order valence-corrected chi connectivity index (χ2v) is 13.0. The molecule has 0 bridgehead atoms. The number of rotatable bonds is 4. The third kappa shape index (κ3) is 3.84. The average molecular weight is 336 g/mol. The average Bonchev–Trinajstić information content (AvgIpc) is 2.61. The molecule has 1 aliphatic rings. The van der Waals surface area contributed by atoms with Crippen molar-refractivity contribution in [3.63, 3.8) is 0 Å². The van der Waals surface area contributed by atoms with Crippen LogP contribution in [0.4, 0.5) is 0 Å². The van der Waals surface area contributed by atoms with E-state index in [2.05, 4.69) is 33.9 Å². The highest BCUT2D eigenvalue weighted by atomic mass is 28.4. The zero-order chi connectivity index (χ0) is 17.5. The van der Waals surface area contributed by atoms with Crippen molar-refractivity contribution >= 4 is 14.2 Å². The molecule has 4 nitrogen and oxygen atoms in total. The first-order valence-electron chi connectivity index (χ1n) is 8.20. The topological polar surface area (TPSA) is 49.8 Å². The normalized spacial score (nSPS) is 26.0. The summed E-state index contributed by atoms with van der Waals surface area (Å²) in [5.41, 5.74) is -0.158. The zero-order valence-corrected chi connectivity index (χ0v) is 16.1. The lowest BCUT2D eigenvalue weighted by atomic mass is 10.1. The van der Waals surface area contributed by atoms with Gasteiger partial charge in [-0.15, -0.1) is 0 Å². The lowest BCUT2D eigenvalue weighted by Crippen LogP contribution is -2.46. The van der Waals surface area contributed by atoms with Crippen LogP contribution in [0, 0.1) is 0 Å². The van der Waals surface area contributed by atoms with E-state index in [9.17, 15) is 9.90 Å². The summed E-state index contributed by atoms with van der Waals surface area (Å²) in [4.78, 5) is 14.3. The molecule has 1 aromatic rings. The first-order valence-corrected chi connectivity index (χ1v) is 11.1. The van der Waals surface area contributed by atoms with E-state index in [1.807, 2.05) is 30.3 Å². The summed E-state index contributed by atoms with van der Waals surface area (Å²) in [6.45, 7) is 12.8. The number of hydrogen-bond donors (Lipinski definition) is 1. The molecule has 1 aliphatic heterocycles. The lowest BCUT2D eigenvalue weighted by Gasteiger charge is -2.37. The highest BCUT2D eigenvalue weighted by Gasteiger charge is 2.50. The highest BCUT2D eigenvalue weighted by molar-refractivity contribution is 6.74. The monoisotopic (exact) mass is 335 g/mol. The summed E-state index contributed by atoms with van der Waals surface area (Å²) >= 11 is 0. The van der Waals surface area contributed by atoms with Gasteiger partial charge in [-0.05, 0) is 30.6 Å². The molecule has 23 heavy (non-hydrogen) atoms. The molecule has 1 saturated heterocycles. The Morgan fingerprint density at radius 3 is 2.39 bits per heavy atom. The number of carbonyl (C=O) groups is 1. The fraction of sp³-hybridized carbons (Fsp3) is 0.611. The molecule has 0 radical (unpaired) electrons. The zero-order valence-electron chi connectivity index (χ0n) is 15.1. The lowest BCUT2D eigenvalue weighted by molar-refractivity contribution is -0.146. The summed E-state index contributed by atoms with van der Waals surface area (Å²) in [6, 6.07) is 9.75. The van der Waals surface area contributed by atoms with Crippen LogP contribution in [0.5, 0.6) is 0 Å². The second kappa shape index (κ2) is 6.04. The van der Waals surface area contributed by atoms with Gasteiger partial charge in [0.05, 0.1) is 0 Å². The van der Waals surface area contributed by atoms with E-state index >= 15 is 0 Å². The summed E-state index contributed by atoms with van der Waals surface area (Å²) in [5.74, 6) is -0.108. The van der Waals surface area contributed by atoms with Crippen molar-refractivity contribution < 1.29 is 14.3 Å². The van der Waals surface area contributed by atoms with E-state index in [4.69, 9.17) is 4.43 Å². The van der Waals surface area contributed by atoms with E-state index in [1.54, 1.807) is 11.8 Å². The smallest absolute Gasteiger partial charge is 0.253 e. The van der Waals surface area contributed by atoms with Crippen molar-refractivity contribution in [1.29, 1.82) is 0 Å². The van der Waals surface area contributed by atoms with Crippen molar-refractivity contribution in [2.24, 2.45) is 0 Å². The van der Waals surface area contributed by atoms with Gasteiger partial charge in [-0.3, -0.25) is 4.79 Å². The van der Waals surface area contributed by atoms with Gasteiger partial charge in [0.1, 0.15) is 11.8 Å². The number of hydrogen-bond acceptors (Lipinski definition) is 3. The molecule has 1 amide bonds. The van der Waals surface area contributed by atoms with E-state index in [-0.39, 0.29) is 10.9 Å². The number of amides is 1. The SMILES string of the molecule is CC1(O)C[C@H](O[Si](C)(C)C(C)(C)C)C(=O)N1Cc1ccccc1. The molecule has 0 spiro atoms. The predicted octanol–water partition coefficient (Wildman–Crippen LogP) is 3.52. The first kappa shape index (κ1) is 18.2. The Labute approximate surface area is 140 Å². The van der Waals surface area contributed by atoms with Crippen LogP contribution in [0.3, 0.4) is 0 Å². The molecule has 2 rings (SSSR count). The van der Waals surface area contributed by atoms with Gasteiger partial charge < -0.3 is 14.4 Å². The molecular weight excluding hydrogens is 306 g/mol. The molecule has 0 aromatic heterocycles. The van der Waals surface area contributed by atoms with E-state index in [0.717, 1.165) is 5.56 Å². The van der Waals surface area contributed by atoms with Crippen LogP contribution in [0.25, 0.3) is 0 Å². The molecule has 1 unspecified atom stereocenters. The van der Waals surface area contributed by atoms with Crippen molar-refractivity contribution in [2.75, 3.05) is 0 Å². The largest absolute Gasteiger partial charge is 0.405 e. The number of likely N-dealkylation sites (tertiary alicyclic amines) is 1. The second-order valence-electron chi connectivity index (χ2n) is 8.20. The number of carbonyl (C=O) groups excluding carboxylic acids is 1. The highest BCUT2D eigenvalue weighted by Crippen LogP contribution is 2.40. The molecule has 0 saturated carbocycles. The molecule has 1 N–H and O–H groups in total. The summed E-state index contributed by atoms with van der Waals surface area (Å²) < 4.78 is 6.27. The van der Waals surface area contributed by atoms with Gasteiger partial charge in [0.25, 0.3) is 5.91 Å². The van der Waals surface area contributed by atoms with Crippen LogP contribution in [0.1, 0.15) is 39.7 Å². The third-order valence-electron chi connectivity index (χ3n) is 5.12. The molecule has 5 heteroatoms. The first-order chi connectivity index (χ1) is 10.4. The van der Waals surface area contributed by atoms with Crippen molar-refractivity contribution in [2.45, 2.75) is 70.6 Å². The van der Waals surface area contributed by atoms with Gasteiger partial charge in [-0.2, -0.15) is 0 Å². The van der Waals surface area contributed by atoms with Gasteiger partial charge in [-0.1, -0.05) is 51.1 Å². The fourth-order valence-corrected chi connectivity index (χ4v) is 3.85. The maximum Gasteiger partial charge on any atom is 0.253 e. The fourth-order valence-electron chi connectivity index (χ4n) is 2.60. The van der Waals surface area contributed by atoms with Crippen LogP contribution in [-0.2, 0) is 15.8 Å². The van der Waals surface area contributed by atoms with Crippen molar-refractivity contribution in [3.8, 4) is 0 Å². The molecule has 1 heterocycles. The van der Waals surface area contributed by atoms with Crippen LogP contribution in [-0.4, -0.2) is 36.1 Å². The van der Waals surface area contributed by atoms with E-state index in [1.165, 1.54) is 0 Å². The Morgan fingerprint density at radius 1 is 1.30 bits per heavy atom. The van der Waals surface area contributed by atoms with Crippen LogP contribution in [0.2, 0.25) is 18.1 Å². The van der Waals surface area contributed by atoms with Gasteiger partial charge in [0.15, 0.2) is 8.32 Å². The Morgan fingerprint density at radius 2 is 1.87 bits per heavy atom. The Hall–Kier alpha value is -1.17. The molecule has 128 valence electrons. The van der Waals surface area contributed by atoms with Crippen LogP contribution in [0.15, 0.2) is 30.3 Å². The van der Waals surface area contributed by atoms with Gasteiger partial charge >= 0.3 is 0 Å². The number of benzene rings is 1. The van der Waals surface area contributed by atoms with Gasteiger partial charge in [0.2, 0.25) is 0 Å². The minimum atomic E-state index is -2.05. The Balaban J connectivity index is 2.16. The number of aliphatic hydroxyl groups is 1. The number of nitrogens with zero attached hydrogens (tertiary/aromatic N) is 1. The summed E-state index contributed by atoms with van der Waals surface area (Å²) in [7, 11) is -2.05. The van der Waals surface area contributed by atoms with Crippen molar-refractivity contribution in [1.82, 2.24) is 4.90 Å². The van der Waals surface area contributed by atoms with Crippen LogP contribution >= 0.6 is 0 Å². The van der Waals surface area contributed by atoms with Gasteiger partial charge in [0, 0.05) is 13.0 Å². The molecule has 1 fully saturated rings. The Bertz CT molecular complexity index is 563. The minimum Gasteiger partial charge on any atom is -0.405 e. The molecule has 1 aromatic carbocycles. The maximum atomic E-state index is 12.8. The molecule has 0 aliphatic carbocycles. The molecule has 2 atom stereocenters. The van der Waals surface area contributed by atoms with E-state index in [0.29, 0.717) is 13.0 Å². The van der Waals surface area contributed by atoms with Crippen molar-refractivity contribution in [3.05, 3.63) is 35.9 Å². The minimum absolute atomic E-state index is 0.0337. The predicted molar refractivity (Wildman–Crippen MR) is 94.3 cm³/mol. The van der Waals surface area contributed by atoms with E-state index < -0.39 is 20.1 Å². The third-order valence-corrected chi connectivity index (χ3v) is 9.61. The molecular formula is C18H29NO3Si. The van der Waals surface area contributed by atoms with Gasteiger partial charge in [-0.25, -0.2) is 0 Å². The van der Waals surface area contributed by atoms with Crippen LogP contribution < -0.4 is 0 Å². The maximum absolute atomic E-state index is 12.8. The summed E-state index contributed by atoms with van der Waals surface area (Å²) in [6.07, 6.45) is -0.222. The standard InChI is InChI=1S/C18H29NO3Si/c1-17(2,3)23(5,6)22-15-12-18(4,21)19(16(15)20)13-14-10-8-7-9-11-14/h7-11,15,21H,12-13H2,1-6H3/t15-,18?/m0/s1. The quantitative estimate of drug-likeness (QED) is 0.857. The Kier molecular flexibility index (Phi) is 4.77.